The summed E-state index contributed by atoms with van der Waals surface area (Å²) in [5, 5.41) is 4.20. The quantitative estimate of drug-likeness (QED) is 0.760. The van der Waals surface area contributed by atoms with E-state index in [1.165, 1.54) is 0 Å². The van der Waals surface area contributed by atoms with Gasteiger partial charge in [-0.1, -0.05) is 18.2 Å². The van der Waals surface area contributed by atoms with Crippen molar-refractivity contribution in [2.24, 2.45) is 5.73 Å². The van der Waals surface area contributed by atoms with Crippen molar-refractivity contribution in [2.45, 2.75) is 19.5 Å². The first kappa shape index (κ1) is 11.6. The van der Waals surface area contributed by atoms with Gasteiger partial charge in [0.15, 0.2) is 5.82 Å². The first-order valence-corrected chi connectivity index (χ1v) is 5.65. The van der Waals surface area contributed by atoms with Crippen molar-refractivity contribution >= 4 is 0 Å². The third-order valence-electron chi connectivity index (χ3n) is 2.31. The minimum atomic E-state index is 0.382. The summed E-state index contributed by atoms with van der Waals surface area (Å²) in [6, 6.07) is 9.78. The van der Waals surface area contributed by atoms with Crippen LogP contribution in [0.5, 0.6) is 5.75 Å². The Morgan fingerprint density at radius 3 is 2.76 bits per heavy atom. The summed E-state index contributed by atoms with van der Waals surface area (Å²) in [4.78, 5) is 4.06. The van der Waals surface area contributed by atoms with Gasteiger partial charge in [-0.2, -0.15) is 5.10 Å². The molecule has 2 N–H and O–H groups in total. The molecule has 17 heavy (non-hydrogen) atoms. The molecule has 2 rings (SSSR count). The highest BCUT2D eigenvalue weighted by molar-refractivity contribution is 5.20. The number of benzene rings is 1. The molecule has 0 aliphatic rings. The summed E-state index contributed by atoms with van der Waals surface area (Å²) in [6.07, 6.45) is 2.59. The molecule has 0 radical (unpaired) electrons. The van der Waals surface area contributed by atoms with Gasteiger partial charge in [0.05, 0.1) is 13.2 Å². The van der Waals surface area contributed by atoms with Crippen molar-refractivity contribution in [3.63, 3.8) is 0 Å². The molecule has 0 saturated carbocycles. The van der Waals surface area contributed by atoms with Gasteiger partial charge >= 0.3 is 0 Å². The Morgan fingerprint density at radius 2 is 2.06 bits per heavy atom. The third kappa shape index (κ3) is 3.57. The summed E-state index contributed by atoms with van der Waals surface area (Å²) in [5.41, 5.74) is 5.43. The smallest absolute Gasteiger partial charge is 0.164 e. The lowest BCUT2D eigenvalue weighted by Gasteiger charge is -2.05. The number of aryl methyl sites for hydroxylation is 1. The Balaban J connectivity index is 1.69. The second kappa shape index (κ2) is 6.00. The molecule has 1 heterocycles. The number of nitrogens with two attached hydrogens (primary N) is 1. The second-order valence-corrected chi connectivity index (χ2v) is 3.64. The molecular formula is C12H16N4O. The van der Waals surface area contributed by atoms with Crippen LogP contribution in [0.2, 0.25) is 0 Å². The van der Waals surface area contributed by atoms with Gasteiger partial charge in [-0.15, -0.1) is 0 Å². The fourth-order valence-corrected chi connectivity index (χ4v) is 1.47. The maximum Gasteiger partial charge on any atom is 0.164 e. The van der Waals surface area contributed by atoms with E-state index in [1.54, 1.807) is 11.0 Å². The minimum Gasteiger partial charge on any atom is -0.494 e. The fraction of sp³-hybridized carbons (Fsp3) is 0.333. The molecule has 0 spiro atoms. The molecule has 0 unspecified atom stereocenters. The molecule has 0 amide bonds. The molecule has 0 bridgehead atoms. The molecule has 1 aromatic carbocycles. The SMILES string of the molecule is NCc1ncn(CCCOc2ccccc2)n1. The fourth-order valence-electron chi connectivity index (χ4n) is 1.47. The number of hydrogen-bond donors (Lipinski definition) is 1. The highest BCUT2D eigenvalue weighted by Gasteiger charge is 1.98. The van der Waals surface area contributed by atoms with Gasteiger partial charge in [-0.05, 0) is 12.1 Å². The summed E-state index contributed by atoms with van der Waals surface area (Å²) in [6.45, 7) is 1.84. The number of nitrogens with zero attached hydrogens (tertiary/aromatic N) is 3. The van der Waals surface area contributed by atoms with Crippen LogP contribution in [0.3, 0.4) is 0 Å². The predicted molar refractivity (Wildman–Crippen MR) is 64.5 cm³/mol. The van der Waals surface area contributed by atoms with Crippen LogP contribution in [0.4, 0.5) is 0 Å². The first-order chi connectivity index (χ1) is 8.38. The van der Waals surface area contributed by atoms with Gasteiger partial charge in [-0.25, -0.2) is 4.98 Å². The van der Waals surface area contributed by atoms with Crippen molar-refractivity contribution in [1.82, 2.24) is 14.8 Å². The highest BCUT2D eigenvalue weighted by Crippen LogP contribution is 2.08. The van der Waals surface area contributed by atoms with Crippen molar-refractivity contribution < 1.29 is 4.74 Å². The van der Waals surface area contributed by atoms with Crippen LogP contribution >= 0.6 is 0 Å². The average Bonchev–Trinajstić information content (AvgIpc) is 2.84. The monoisotopic (exact) mass is 232 g/mol. The van der Waals surface area contributed by atoms with Crippen molar-refractivity contribution in [2.75, 3.05) is 6.61 Å². The van der Waals surface area contributed by atoms with Crippen molar-refractivity contribution in [3.05, 3.63) is 42.5 Å². The zero-order valence-electron chi connectivity index (χ0n) is 9.62. The number of hydrogen-bond acceptors (Lipinski definition) is 4. The maximum absolute atomic E-state index is 5.57. The van der Waals surface area contributed by atoms with Crippen LogP contribution in [-0.4, -0.2) is 21.4 Å². The van der Waals surface area contributed by atoms with E-state index in [9.17, 15) is 0 Å². The van der Waals surface area contributed by atoms with Crippen molar-refractivity contribution in [3.8, 4) is 5.75 Å². The minimum absolute atomic E-state index is 0.382. The van der Waals surface area contributed by atoms with E-state index in [2.05, 4.69) is 10.1 Å². The number of ether oxygens (including phenoxy) is 1. The molecule has 0 fully saturated rings. The van der Waals surface area contributed by atoms with Crippen LogP contribution < -0.4 is 10.5 Å². The summed E-state index contributed by atoms with van der Waals surface area (Å²) in [5.74, 6) is 1.57. The van der Waals surface area contributed by atoms with Gasteiger partial charge < -0.3 is 10.5 Å². The Morgan fingerprint density at radius 1 is 1.24 bits per heavy atom. The summed E-state index contributed by atoms with van der Waals surface area (Å²) in [7, 11) is 0. The molecule has 2 aromatic rings. The lowest BCUT2D eigenvalue weighted by Crippen LogP contribution is -2.06. The van der Waals surface area contributed by atoms with E-state index in [-0.39, 0.29) is 0 Å². The largest absolute Gasteiger partial charge is 0.494 e. The molecule has 0 saturated heterocycles. The Labute approximate surface area is 100 Å². The second-order valence-electron chi connectivity index (χ2n) is 3.64. The van der Waals surface area contributed by atoms with Crippen molar-refractivity contribution in [1.29, 1.82) is 0 Å². The molecule has 1 aromatic heterocycles. The molecule has 0 atom stereocenters. The first-order valence-electron chi connectivity index (χ1n) is 5.65. The van der Waals surface area contributed by atoms with E-state index in [0.29, 0.717) is 19.0 Å². The van der Waals surface area contributed by atoms with Crippen LogP contribution in [0.1, 0.15) is 12.2 Å². The zero-order valence-corrected chi connectivity index (χ0v) is 9.62. The molecular weight excluding hydrogens is 216 g/mol. The Kier molecular flexibility index (Phi) is 4.10. The van der Waals surface area contributed by atoms with Gasteiger partial charge in [0.2, 0.25) is 0 Å². The van der Waals surface area contributed by atoms with E-state index in [0.717, 1.165) is 18.7 Å². The van der Waals surface area contributed by atoms with Gasteiger partial charge in [0, 0.05) is 13.0 Å². The van der Waals surface area contributed by atoms with Gasteiger partial charge in [0.1, 0.15) is 12.1 Å². The topological polar surface area (TPSA) is 66.0 Å². The van der Waals surface area contributed by atoms with E-state index < -0.39 is 0 Å². The standard InChI is InChI=1S/C12H16N4O/c13-9-12-14-10-16(15-12)7-4-8-17-11-5-2-1-3-6-11/h1-3,5-6,10H,4,7-9,13H2. The van der Waals surface area contributed by atoms with E-state index in [1.807, 2.05) is 30.3 Å². The zero-order chi connectivity index (χ0) is 11.9. The molecule has 5 nitrogen and oxygen atoms in total. The number of para-hydroxylation sites is 1. The summed E-state index contributed by atoms with van der Waals surface area (Å²) >= 11 is 0. The maximum atomic E-state index is 5.57. The van der Waals surface area contributed by atoms with E-state index in [4.69, 9.17) is 10.5 Å². The lowest BCUT2D eigenvalue weighted by atomic mass is 10.3. The molecule has 90 valence electrons. The molecule has 0 aliphatic carbocycles. The highest BCUT2D eigenvalue weighted by atomic mass is 16.5. The average molecular weight is 232 g/mol. The Bertz CT molecular complexity index is 441. The number of rotatable bonds is 6. The third-order valence-corrected chi connectivity index (χ3v) is 2.31. The lowest BCUT2D eigenvalue weighted by molar-refractivity contribution is 0.298. The van der Waals surface area contributed by atoms with Crippen LogP contribution in [0.25, 0.3) is 0 Å². The normalized spacial score (nSPS) is 10.4. The van der Waals surface area contributed by atoms with Crippen LogP contribution in [-0.2, 0) is 13.1 Å². The van der Waals surface area contributed by atoms with Gasteiger partial charge in [0.25, 0.3) is 0 Å². The van der Waals surface area contributed by atoms with Crippen LogP contribution in [0.15, 0.2) is 36.7 Å². The Hall–Kier alpha value is -1.88. The van der Waals surface area contributed by atoms with Gasteiger partial charge in [-0.3, -0.25) is 4.68 Å². The van der Waals surface area contributed by atoms with E-state index >= 15 is 0 Å². The molecule has 5 heteroatoms. The van der Waals surface area contributed by atoms with Crippen LogP contribution in [0, 0.1) is 0 Å². The summed E-state index contributed by atoms with van der Waals surface area (Å²) < 4.78 is 7.36. The predicted octanol–water partition coefficient (Wildman–Crippen LogP) is 1.21. The molecule has 0 aliphatic heterocycles. The number of aromatic nitrogens is 3.